The van der Waals surface area contributed by atoms with Crippen LogP contribution in [0.5, 0.6) is 11.5 Å². The number of benzene rings is 3. The zero-order valence-electron chi connectivity index (χ0n) is 17.5. The summed E-state index contributed by atoms with van der Waals surface area (Å²) in [6, 6.07) is 23.3. The minimum atomic E-state index is -0.200. The Kier molecular flexibility index (Phi) is 8.94. The Hall–Kier alpha value is -2.83. The number of rotatable bonds is 11. The smallest absolute Gasteiger partial charge is 0.255 e. The molecule has 3 rings (SSSR count). The van der Waals surface area contributed by atoms with E-state index in [1.165, 1.54) is 0 Å². The molecule has 0 aliphatic heterocycles. The van der Waals surface area contributed by atoms with E-state index in [1.807, 2.05) is 60.7 Å². The Balaban J connectivity index is 1.78. The molecule has 0 saturated heterocycles. The molecular formula is C25H26BrNO4. The maximum atomic E-state index is 12.8. The SMILES string of the molecule is COCCCNC(=O)c1cc(Br)c(OCc2ccccc2)cc1OCc1ccccc1. The van der Waals surface area contributed by atoms with Crippen molar-refractivity contribution in [2.24, 2.45) is 0 Å². The van der Waals surface area contributed by atoms with Gasteiger partial charge in [-0.3, -0.25) is 4.79 Å². The van der Waals surface area contributed by atoms with Crippen molar-refractivity contribution in [1.29, 1.82) is 0 Å². The molecule has 6 heteroatoms. The maximum Gasteiger partial charge on any atom is 0.255 e. The first-order valence-corrected chi connectivity index (χ1v) is 10.9. The number of amides is 1. The first-order valence-electron chi connectivity index (χ1n) is 10.1. The molecule has 1 N–H and O–H groups in total. The van der Waals surface area contributed by atoms with Crippen molar-refractivity contribution in [2.45, 2.75) is 19.6 Å². The predicted octanol–water partition coefficient (Wildman–Crippen LogP) is 5.37. The molecule has 1 amide bonds. The fourth-order valence-corrected chi connectivity index (χ4v) is 3.38. The Morgan fingerprint density at radius 1 is 0.871 bits per heavy atom. The Bertz CT molecular complexity index is 964. The molecule has 3 aromatic carbocycles. The molecule has 0 heterocycles. The second kappa shape index (κ2) is 12.1. The number of ether oxygens (including phenoxy) is 3. The highest BCUT2D eigenvalue weighted by atomic mass is 79.9. The molecule has 0 aliphatic rings. The number of methoxy groups -OCH3 is 1. The molecule has 0 bridgehead atoms. The molecule has 0 aliphatic carbocycles. The number of nitrogens with one attached hydrogen (secondary N) is 1. The molecule has 0 atom stereocenters. The van der Waals surface area contributed by atoms with Gasteiger partial charge in [0, 0.05) is 26.3 Å². The highest BCUT2D eigenvalue weighted by Crippen LogP contribution is 2.34. The first-order chi connectivity index (χ1) is 15.2. The Labute approximate surface area is 191 Å². The minimum Gasteiger partial charge on any atom is -0.488 e. The standard InChI is InChI=1S/C25H26BrNO4/c1-29-14-8-13-27-25(28)21-15-22(26)24(31-18-20-11-6-3-7-12-20)16-23(21)30-17-19-9-4-2-5-10-19/h2-7,9-12,15-16H,8,13-14,17-18H2,1H3,(H,27,28). The Morgan fingerprint density at radius 3 is 2.03 bits per heavy atom. The van der Waals surface area contributed by atoms with Crippen LogP contribution >= 0.6 is 15.9 Å². The van der Waals surface area contributed by atoms with Crippen molar-refractivity contribution in [3.8, 4) is 11.5 Å². The van der Waals surface area contributed by atoms with Gasteiger partial charge in [-0.25, -0.2) is 0 Å². The van der Waals surface area contributed by atoms with E-state index in [1.54, 1.807) is 19.2 Å². The summed E-state index contributed by atoms with van der Waals surface area (Å²) in [5.41, 5.74) is 2.53. The zero-order chi connectivity index (χ0) is 21.9. The van der Waals surface area contributed by atoms with Crippen LogP contribution in [-0.2, 0) is 18.0 Å². The van der Waals surface area contributed by atoms with E-state index in [9.17, 15) is 4.79 Å². The molecule has 0 aromatic heterocycles. The van der Waals surface area contributed by atoms with Gasteiger partial charge < -0.3 is 19.5 Å². The molecule has 0 spiro atoms. The number of carbonyl (C=O) groups excluding carboxylic acids is 1. The highest BCUT2D eigenvalue weighted by Gasteiger charge is 2.17. The third kappa shape index (κ3) is 7.12. The summed E-state index contributed by atoms with van der Waals surface area (Å²) < 4.78 is 17.8. The fourth-order valence-electron chi connectivity index (χ4n) is 2.93. The number of carbonyl (C=O) groups is 1. The lowest BCUT2D eigenvalue weighted by Gasteiger charge is -2.16. The largest absolute Gasteiger partial charge is 0.488 e. The van der Waals surface area contributed by atoms with E-state index in [2.05, 4.69) is 21.2 Å². The average molecular weight is 484 g/mol. The molecule has 0 saturated carbocycles. The van der Waals surface area contributed by atoms with Gasteiger partial charge in [0.2, 0.25) is 0 Å². The van der Waals surface area contributed by atoms with Gasteiger partial charge >= 0.3 is 0 Å². The van der Waals surface area contributed by atoms with Crippen molar-refractivity contribution < 1.29 is 19.0 Å². The fraction of sp³-hybridized carbons (Fsp3) is 0.240. The van der Waals surface area contributed by atoms with E-state index >= 15 is 0 Å². The van der Waals surface area contributed by atoms with Gasteiger partial charge in [0.1, 0.15) is 24.7 Å². The normalized spacial score (nSPS) is 10.5. The third-order valence-corrected chi connectivity index (χ3v) is 5.18. The van der Waals surface area contributed by atoms with Gasteiger partial charge in [-0.05, 0) is 39.5 Å². The minimum absolute atomic E-state index is 0.200. The van der Waals surface area contributed by atoms with E-state index < -0.39 is 0 Å². The van der Waals surface area contributed by atoms with Gasteiger partial charge in [-0.1, -0.05) is 60.7 Å². The summed E-state index contributed by atoms with van der Waals surface area (Å²) in [7, 11) is 1.64. The summed E-state index contributed by atoms with van der Waals surface area (Å²) in [6.07, 6.45) is 0.738. The maximum absolute atomic E-state index is 12.8. The van der Waals surface area contributed by atoms with Crippen LogP contribution in [0.15, 0.2) is 77.3 Å². The quantitative estimate of drug-likeness (QED) is 0.372. The summed E-state index contributed by atoms with van der Waals surface area (Å²) in [6.45, 7) is 1.88. The molecule has 31 heavy (non-hydrogen) atoms. The molecule has 0 radical (unpaired) electrons. The zero-order valence-corrected chi connectivity index (χ0v) is 19.1. The molecular weight excluding hydrogens is 458 g/mol. The van der Waals surface area contributed by atoms with Crippen LogP contribution in [-0.4, -0.2) is 26.2 Å². The van der Waals surface area contributed by atoms with Crippen molar-refractivity contribution in [2.75, 3.05) is 20.3 Å². The van der Waals surface area contributed by atoms with Gasteiger partial charge in [-0.2, -0.15) is 0 Å². The topological polar surface area (TPSA) is 56.8 Å². The lowest BCUT2D eigenvalue weighted by atomic mass is 10.1. The van der Waals surface area contributed by atoms with Crippen LogP contribution in [0.25, 0.3) is 0 Å². The van der Waals surface area contributed by atoms with E-state index in [0.29, 0.717) is 47.9 Å². The molecule has 3 aromatic rings. The first kappa shape index (κ1) is 22.8. The van der Waals surface area contributed by atoms with Crippen molar-refractivity contribution in [1.82, 2.24) is 5.32 Å². The summed E-state index contributed by atoms with van der Waals surface area (Å²) in [5.74, 6) is 0.886. The van der Waals surface area contributed by atoms with Crippen LogP contribution in [0, 0.1) is 0 Å². The second-order valence-corrected chi connectivity index (χ2v) is 7.78. The summed E-state index contributed by atoms with van der Waals surface area (Å²) >= 11 is 3.53. The van der Waals surface area contributed by atoms with Gasteiger partial charge in [0.15, 0.2) is 0 Å². The van der Waals surface area contributed by atoms with Gasteiger partial charge in [0.05, 0.1) is 10.0 Å². The van der Waals surface area contributed by atoms with Crippen molar-refractivity contribution in [3.63, 3.8) is 0 Å². The monoisotopic (exact) mass is 483 g/mol. The van der Waals surface area contributed by atoms with Crippen molar-refractivity contribution in [3.05, 3.63) is 94.0 Å². The van der Waals surface area contributed by atoms with Crippen molar-refractivity contribution >= 4 is 21.8 Å². The lowest BCUT2D eigenvalue weighted by Crippen LogP contribution is -2.25. The number of hydrogen-bond acceptors (Lipinski definition) is 4. The van der Waals surface area contributed by atoms with Crippen LogP contribution in [0.1, 0.15) is 27.9 Å². The average Bonchev–Trinajstić information content (AvgIpc) is 2.81. The number of halogens is 1. The van der Waals surface area contributed by atoms with E-state index in [0.717, 1.165) is 17.5 Å². The second-order valence-electron chi connectivity index (χ2n) is 6.93. The molecule has 162 valence electrons. The molecule has 0 unspecified atom stereocenters. The van der Waals surface area contributed by atoms with Gasteiger partial charge in [-0.15, -0.1) is 0 Å². The third-order valence-electron chi connectivity index (χ3n) is 4.56. The summed E-state index contributed by atoms with van der Waals surface area (Å²) in [5, 5.41) is 2.92. The van der Waals surface area contributed by atoms with Crippen LogP contribution in [0.4, 0.5) is 0 Å². The number of hydrogen-bond donors (Lipinski definition) is 1. The Morgan fingerprint density at radius 2 is 1.45 bits per heavy atom. The van der Waals surface area contributed by atoms with Crippen LogP contribution in [0.2, 0.25) is 0 Å². The summed E-state index contributed by atoms with van der Waals surface area (Å²) in [4.78, 5) is 12.8. The van der Waals surface area contributed by atoms with E-state index in [4.69, 9.17) is 14.2 Å². The highest BCUT2D eigenvalue weighted by molar-refractivity contribution is 9.10. The molecule has 0 fully saturated rings. The predicted molar refractivity (Wildman–Crippen MR) is 125 cm³/mol. The lowest BCUT2D eigenvalue weighted by molar-refractivity contribution is 0.0944. The van der Waals surface area contributed by atoms with Gasteiger partial charge in [0.25, 0.3) is 5.91 Å². The van der Waals surface area contributed by atoms with Crippen LogP contribution < -0.4 is 14.8 Å². The molecule has 5 nitrogen and oxygen atoms in total. The van der Waals surface area contributed by atoms with Crippen LogP contribution in [0.3, 0.4) is 0 Å². The van der Waals surface area contributed by atoms with E-state index in [-0.39, 0.29) is 5.91 Å².